The molecule has 2 heterocycles. The van der Waals surface area contributed by atoms with Crippen molar-refractivity contribution in [1.82, 2.24) is 4.57 Å². The van der Waals surface area contributed by atoms with Gasteiger partial charge in [-0.1, -0.05) is 32.0 Å². The monoisotopic (exact) mass is 588 g/mol. The zero-order chi connectivity index (χ0) is 29.4. The molecule has 0 saturated carbocycles. The number of rotatable bonds is 8. The molecule has 4 aromatic rings. The van der Waals surface area contributed by atoms with Crippen LogP contribution in [0.3, 0.4) is 0 Å². The summed E-state index contributed by atoms with van der Waals surface area (Å²) < 4.78 is 83.9. The maximum absolute atomic E-state index is 15.4. The first-order valence-corrected chi connectivity index (χ1v) is 14.8. The molecule has 0 fully saturated rings. The number of nitriles is 1. The zero-order valence-electron chi connectivity index (χ0n) is 21.7. The molecule has 5 nitrogen and oxygen atoms in total. The predicted octanol–water partition coefficient (Wildman–Crippen LogP) is 6.98. The Hall–Kier alpha value is -3.75. The van der Waals surface area contributed by atoms with Crippen LogP contribution in [0.25, 0.3) is 21.0 Å². The highest BCUT2D eigenvalue weighted by Crippen LogP contribution is 2.40. The molecule has 2 aromatic carbocycles. The molecule has 0 radical (unpaired) electrons. The van der Waals surface area contributed by atoms with Crippen LogP contribution in [0.4, 0.5) is 17.6 Å². The number of pyridine rings is 1. The first kappa shape index (κ1) is 29.2. The van der Waals surface area contributed by atoms with Crippen molar-refractivity contribution in [3.8, 4) is 27.1 Å². The fourth-order valence-corrected chi connectivity index (χ4v) is 6.05. The molecule has 0 spiro atoms. The second kappa shape index (κ2) is 11.0. The molecule has 0 aliphatic carbocycles. The molecule has 11 heteroatoms. The fourth-order valence-electron chi connectivity index (χ4n) is 4.36. The van der Waals surface area contributed by atoms with Crippen LogP contribution in [0, 0.1) is 28.9 Å². The van der Waals surface area contributed by atoms with Crippen LogP contribution in [0.2, 0.25) is 0 Å². The Bertz CT molecular complexity index is 1800. The third-order valence-corrected chi connectivity index (χ3v) is 8.49. The highest BCUT2D eigenvalue weighted by Gasteiger charge is 2.37. The SMILES string of the molecule is CC(C)CC(F)(F)c1cc(-c2ccc(-c3cccc(S(C)(=O)=O)c3)s2)n(Cc2ccc(F)cc2F)c(=O)c1C#N. The van der Waals surface area contributed by atoms with E-state index in [4.69, 9.17) is 0 Å². The molecule has 0 aliphatic rings. The Morgan fingerprint density at radius 2 is 1.73 bits per heavy atom. The molecule has 0 aliphatic heterocycles. The van der Waals surface area contributed by atoms with Crippen LogP contribution in [-0.4, -0.2) is 19.2 Å². The number of hydrogen-bond donors (Lipinski definition) is 0. The van der Waals surface area contributed by atoms with Gasteiger partial charge in [0.1, 0.15) is 23.3 Å². The van der Waals surface area contributed by atoms with Crippen LogP contribution >= 0.6 is 11.3 Å². The lowest BCUT2D eigenvalue weighted by Crippen LogP contribution is -2.30. The minimum atomic E-state index is -3.50. The Morgan fingerprint density at radius 1 is 1.02 bits per heavy atom. The van der Waals surface area contributed by atoms with E-state index in [1.165, 1.54) is 12.1 Å². The van der Waals surface area contributed by atoms with Crippen molar-refractivity contribution in [3.05, 3.63) is 99.3 Å². The molecule has 4 rings (SSSR count). The Labute approximate surface area is 232 Å². The van der Waals surface area contributed by atoms with Gasteiger partial charge in [-0.2, -0.15) is 5.26 Å². The summed E-state index contributed by atoms with van der Waals surface area (Å²) in [4.78, 5) is 14.5. The van der Waals surface area contributed by atoms with E-state index in [2.05, 4.69) is 0 Å². The van der Waals surface area contributed by atoms with Crippen molar-refractivity contribution in [2.75, 3.05) is 6.26 Å². The zero-order valence-corrected chi connectivity index (χ0v) is 23.3. The predicted molar refractivity (Wildman–Crippen MR) is 146 cm³/mol. The summed E-state index contributed by atoms with van der Waals surface area (Å²) in [5, 5.41) is 9.72. The fraction of sp³-hybridized carbons (Fsp3) is 0.241. The Kier molecular flexibility index (Phi) is 8.06. The summed E-state index contributed by atoms with van der Waals surface area (Å²) >= 11 is 1.11. The molecule has 0 atom stereocenters. The second-order valence-corrected chi connectivity index (χ2v) is 12.9. The average molecular weight is 589 g/mol. The molecule has 0 unspecified atom stereocenters. The topological polar surface area (TPSA) is 79.9 Å². The lowest BCUT2D eigenvalue weighted by molar-refractivity contribution is -0.0253. The standard InChI is InChI=1S/C29H24F4N2O3S2/c1-17(2)14-29(32,33)23-13-25(27-10-9-26(39-27)18-5-4-6-21(11-18)40(3,37)38)35(28(36)22(23)15-34)16-19-7-8-20(30)12-24(19)31/h4-13,17H,14,16H2,1-3H3. The lowest BCUT2D eigenvalue weighted by Gasteiger charge is -2.22. The molecule has 2 aromatic heterocycles. The number of sulfone groups is 1. The smallest absolute Gasteiger partial charge is 0.275 e. The van der Waals surface area contributed by atoms with Gasteiger partial charge in [-0.05, 0) is 47.9 Å². The van der Waals surface area contributed by atoms with Gasteiger partial charge < -0.3 is 4.57 Å². The van der Waals surface area contributed by atoms with E-state index in [-0.39, 0.29) is 16.2 Å². The third kappa shape index (κ3) is 6.03. The van der Waals surface area contributed by atoms with Crippen LogP contribution in [0.15, 0.2) is 70.4 Å². The number of alkyl halides is 2. The summed E-state index contributed by atoms with van der Waals surface area (Å²) in [6.07, 6.45) is 0.472. The van der Waals surface area contributed by atoms with Crippen molar-refractivity contribution < 1.29 is 26.0 Å². The van der Waals surface area contributed by atoms with E-state index < -0.39 is 63.0 Å². The van der Waals surface area contributed by atoms with E-state index in [9.17, 15) is 27.3 Å². The maximum Gasteiger partial charge on any atom is 0.275 e. The molecule has 208 valence electrons. The molecule has 0 N–H and O–H groups in total. The van der Waals surface area contributed by atoms with Crippen LogP contribution in [0.5, 0.6) is 0 Å². The summed E-state index contributed by atoms with van der Waals surface area (Å²) in [5.41, 5.74) is -2.02. The van der Waals surface area contributed by atoms with Gasteiger partial charge in [0.2, 0.25) is 0 Å². The van der Waals surface area contributed by atoms with Gasteiger partial charge in [-0.25, -0.2) is 26.0 Å². The number of aromatic nitrogens is 1. The summed E-state index contributed by atoms with van der Waals surface area (Å²) in [5.74, 6) is -5.71. The highest BCUT2D eigenvalue weighted by atomic mass is 32.2. The third-order valence-electron chi connectivity index (χ3n) is 6.22. The van der Waals surface area contributed by atoms with E-state index >= 15 is 8.78 Å². The van der Waals surface area contributed by atoms with E-state index in [0.29, 0.717) is 21.4 Å². The van der Waals surface area contributed by atoms with Crippen molar-refractivity contribution >= 4 is 21.2 Å². The second-order valence-electron chi connectivity index (χ2n) is 9.82. The first-order chi connectivity index (χ1) is 18.7. The molecule has 0 amide bonds. The first-order valence-electron chi connectivity index (χ1n) is 12.1. The normalized spacial score (nSPS) is 12.1. The number of benzene rings is 2. The minimum Gasteiger partial charge on any atom is -0.302 e. The maximum atomic E-state index is 15.4. The van der Waals surface area contributed by atoms with E-state index in [1.54, 1.807) is 44.2 Å². The van der Waals surface area contributed by atoms with Gasteiger partial charge in [-0.15, -0.1) is 11.3 Å². The van der Waals surface area contributed by atoms with Crippen LogP contribution in [-0.2, 0) is 22.3 Å². The van der Waals surface area contributed by atoms with Crippen molar-refractivity contribution in [2.45, 2.75) is 37.6 Å². The van der Waals surface area contributed by atoms with Crippen molar-refractivity contribution in [1.29, 1.82) is 5.26 Å². The van der Waals surface area contributed by atoms with Gasteiger partial charge >= 0.3 is 0 Å². The Balaban J connectivity index is 1.95. The number of hydrogen-bond acceptors (Lipinski definition) is 5. The molecule has 40 heavy (non-hydrogen) atoms. The average Bonchev–Trinajstić information content (AvgIpc) is 3.35. The van der Waals surface area contributed by atoms with Gasteiger partial charge in [0.25, 0.3) is 11.5 Å². The quantitative estimate of drug-likeness (QED) is 0.208. The molecule has 0 saturated heterocycles. The molecule has 0 bridgehead atoms. The van der Waals surface area contributed by atoms with E-state index in [0.717, 1.165) is 40.4 Å². The minimum absolute atomic E-state index is 0.0154. The van der Waals surface area contributed by atoms with Gasteiger partial charge in [-0.3, -0.25) is 4.79 Å². The van der Waals surface area contributed by atoms with Crippen molar-refractivity contribution in [2.24, 2.45) is 5.92 Å². The number of halogens is 4. The van der Waals surface area contributed by atoms with Gasteiger partial charge in [0.15, 0.2) is 9.84 Å². The van der Waals surface area contributed by atoms with Crippen LogP contribution < -0.4 is 5.56 Å². The summed E-state index contributed by atoms with van der Waals surface area (Å²) in [7, 11) is -3.49. The van der Waals surface area contributed by atoms with Gasteiger partial charge in [0, 0.05) is 34.7 Å². The Morgan fingerprint density at radius 3 is 2.35 bits per heavy atom. The molecular weight excluding hydrogens is 564 g/mol. The summed E-state index contributed by atoms with van der Waals surface area (Å²) in [6, 6.07) is 14.9. The summed E-state index contributed by atoms with van der Waals surface area (Å²) in [6.45, 7) is 2.74. The van der Waals surface area contributed by atoms with E-state index in [1.807, 2.05) is 0 Å². The van der Waals surface area contributed by atoms with Crippen molar-refractivity contribution in [3.63, 3.8) is 0 Å². The van der Waals surface area contributed by atoms with Gasteiger partial charge in [0.05, 0.1) is 22.0 Å². The number of thiophene rings is 1. The van der Waals surface area contributed by atoms with Crippen LogP contribution in [0.1, 0.15) is 37.0 Å². The number of nitrogens with zero attached hydrogens (tertiary/aromatic N) is 2. The molecular formula is C29H24F4N2O3S2. The highest BCUT2D eigenvalue weighted by molar-refractivity contribution is 7.90. The largest absolute Gasteiger partial charge is 0.302 e. The lowest BCUT2D eigenvalue weighted by atomic mass is 9.95.